The molecular weight excluding hydrogens is 218 g/mol. The molecule has 1 unspecified atom stereocenters. The van der Waals surface area contributed by atoms with Crippen molar-refractivity contribution in [2.24, 2.45) is 0 Å². The Hall–Kier alpha value is 0.260. The average molecular weight is 237 g/mol. The topological polar surface area (TPSA) is 46.2 Å². The summed E-state index contributed by atoms with van der Waals surface area (Å²) in [7, 11) is -1.23. The highest BCUT2D eigenvalue weighted by Crippen LogP contribution is 2.08. The van der Waals surface area contributed by atoms with E-state index in [1.807, 2.05) is 0 Å². The van der Waals surface area contributed by atoms with E-state index in [1.54, 1.807) is 6.26 Å². The van der Waals surface area contributed by atoms with Crippen molar-refractivity contribution in [1.29, 1.82) is 0 Å². The summed E-state index contributed by atoms with van der Waals surface area (Å²) >= 11 is 0. The molecule has 0 bridgehead atoms. The van der Waals surface area contributed by atoms with Crippen LogP contribution in [0.1, 0.15) is 19.3 Å². The third-order valence-electron chi connectivity index (χ3n) is 2.43. The Kier molecular flexibility index (Phi) is 5.89. The van der Waals surface area contributed by atoms with Crippen molar-refractivity contribution in [1.82, 2.24) is 5.32 Å². The van der Waals surface area contributed by atoms with Gasteiger partial charge in [0.25, 0.3) is 0 Å². The highest BCUT2D eigenvalue weighted by Gasteiger charge is 2.16. The zero-order chi connectivity index (χ0) is 10.4. The summed E-state index contributed by atoms with van der Waals surface area (Å²) in [5, 5.41) is 3.43. The largest absolute Gasteiger partial charge is 0.314 e. The quantitative estimate of drug-likeness (QED) is 0.698. The van der Waals surface area contributed by atoms with Gasteiger partial charge in [0.05, 0.1) is 0 Å². The molecule has 1 heterocycles. The minimum atomic E-state index is -0.666. The van der Waals surface area contributed by atoms with E-state index in [-0.39, 0.29) is 0 Å². The van der Waals surface area contributed by atoms with Crippen LogP contribution in [0.5, 0.6) is 0 Å². The van der Waals surface area contributed by atoms with Crippen LogP contribution < -0.4 is 5.32 Å². The lowest BCUT2D eigenvalue weighted by Crippen LogP contribution is -2.36. The van der Waals surface area contributed by atoms with Crippen LogP contribution >= 0.6 is 0 Å². The zero-order valence-electron chi connectivity index (χ0n) is 8.66. The molecule has 1 aliphatic rings. The number of rotatable bonds is 5. The normalized spacial score (nSPS) is 30.1. The van der Waals surface area contributed by atoms with Gasteiger partial charge in [0.1, 0.15) is 0 Å². The van der Waals surface area contributed by atoms with Gasteiger partial charge < -0.3 is 5.32 Å². The van der Waals surface area contributed by atoms with E-state index < -0.39 is 21.6 Å². The fraction of sp³-hybridized carbons (Fsp3) is 1.00. The predicted octanol–water partition coefficient (Wildman–Crippen LogP) is 0.256. The van der Waals surface area contributed by atoms with E-state index in [0.717, 1.165) is 43.1 Å². The molecule has 1 aliphatic heterocycles. The molecule has 3 nitrogen and oxygen atoms in total. The maximum atomic E-state index is 11.1. The first-order valence-corrected chi connectivity index (χ1v) is 8.28. The first-order chi connectivity index (χ1) is 6.68. The van der Waals surface area contributed by atoms with Gasteiger partial charge in [-0.25, -0.2) is 0 Å². The molecule has 0 amide bonds. The van der Waals surface area contributed by atoms with Gasteiger partial charge in [0, 0.05) is 51.2 Å². The number of hydrogen-bond donors (Lipinski definition) is 1. The molecule has 1 fully saturated rings. The van der Waals surface area contributed by atoms with Crippen LogP contribution in [0.15, 0.2) is 0 Å². The molecule has 0 aliphatic carbocycles. The van der Waals surface area contributed by atoms with Crippen molar-refractivity contribution < 1.29 is 8.42 Å². The Labute approximate surface area is 91.0 Å². The molecule has 1 atom stereocenters. The molecule has 0 spiro atoms. The Bertz CT molecular complexity index is 211. The standard InChI is InChI=1S/C9H19NO2S2/c1-13(11)6-2-5-10-9-3-7-14(12)8-4-9/h9-10H,2-8H2,1H3. The monoisotopic (exact) mass is 237 g/mol. The second-order valence-electron chi connectivity index (χ2n) is 3.71. The van der Waals surface area contributed by atoms with Crippen molar-refractivity contribution >= 4 is 21.6 Å². The average Bonchev–Trinajstić information content (AvgIpc) is 2.15. The molecule has 1 N–H and O–H groups in total. The highest BCUT2D eigenvalue weighted by molar-refractivity contribution is 7.85. The highest BCUT2D eigenvalue weighted by atomic mass is 32.2. The maximum Gasteiger partial charge on any atom is 0.0249 e. The Balaban J connectivity index is 2.02. The maximum absolute atomic E-state index is 11.1. The molecule has 1 rings (SSSR count). The lowest BCUT2D eigenvalue weighted by atomic mass is 10.1. The zero-order valence-corrected chi connectivity index (χ0v) is 10.3. The Morgan fingerprint density at radius 1 is 1.43 bits per heavy atom. The molecule has 84 valence electrons. The molecule has 0 aromatic heterocycles. The van der Waals surface area contributed by atoms with Gasteiger partial charge in [-0.1, -0.05) is 0 Å². The van der Waals surface area contributed by atoms with Gasteiger partial charge in [-0.2, -0.15) is 0 Å². The minimum absolute atomic E-state index is 0.540. The minimum Gasteiger partial charge on any atom is -0.314 e. The van der Waals surface area contributed by atoms with E-state index in [1.165, 1.54) is 0 Å². The fourth-order valence-corrected chi connectivity index (χ4v) is 3.43. The van der Waals surface area contributed by atoms with Crippen molar-refractivity contribution in [3.8, 4) is 0 Å². The Morgan fingerprint density at radius 3 is 2.64 bits per heavy atom. The van der Waals surface area contributed by atoms with Crippen LogP contribution in [-0.4, -0.2) is 44.5 Å². The van der Waals surface area contributed by atoms with Crippen LogP contribution in [0, 0.1) is 0 Å². The van der Waals surface area contributed by atoms with Crippen molar-refractivity contribution in [2.75, 3.05) is 30.1 Å². The summed E-state index contributed by atoms with van der Waals surface area (Å²) in [5.41, 5.74) is 0. The molecule has 1 saturated heterocycles. The second kappa shape index (κ2) is 6.69. The van der Waals surface area contributed by atoms with Gasteiger partial charge in [-0.15, -0.1) is 0 Å². The molecule has 0 radical (unpaired) electrons. The third kappa shape index (κ3) is 5.22. The smallest absolute Gasteiger partial charge is 0.0249 e. The van der Waals surface area contributed by atoms with Crippen LogP contribution in [0.4, 0.5) is 0 Å². The predicted molar refractivity (Wildman–Crippen MR) is 62.5 cm³/mol. The summed E-state index contributed by atoms with van der Waals surface area (Å²) in [5.74, 6) is 2.47. The van der Waals surface area contributed by atoms with E-state index in [9.17, 15) is 8.42 Å². The molecule has 0 aromatic carbocycles. The molecule has 5 heteroatoms. The van der Waals surface area contributed by atoms with Gasteiger partial charge in [-0.3, -0.25) is 8.42 Å². The summed E-state index contributed by atoms with van der Waals surface area (Å²) in [6.45, 7) is 0.941. The Morgan fingerprint density at radius 2 is 2.07 bits per heavy atom. The van der Waals surface area contributed by atoms with Gasteiger partial charge in [-0.05, 0) is 25.8 Å². The van der Waals surface area contributed by atoms with E-state index in [2.05, 4.69) is 5.32 Å². The first kappa shape index (κ1) is 12.3. The third-order valence-corrected chi connectivity index (χ3v) is 4.68. The van der Waals surface area contributed by atoms with Crippen LogP contribution in [0.3, 0.4) is 0 Å². The molecule has 14 heavy (non-hydrogen) atoms. The second-order valence-corrected chi connectivity index (χ2v) is 6.96. The van der Waals surface area contributed by atoms with Gasteiger partial charge >= 0.3 is 0 Å². The fourth-order valence-electron chi connectivity index (χ4n) is 1.58. The molecule has 0 saturated carbocycles. The summed E-state index contributed by atoms with van der Waals surface area (Å²) in [6.07, 6.45) is 4.77. The van der Waals surface area contributed by atoms with Crippen LogP contribution in [-0.2, 0) is 21.6 Å². The lowest BCUT2D eigenvalue weighted by Gasteiger charge is -2.22. The summed E-state index contributed by atoms with van der Waals surface area (Å²) < 4.78 is 21.9. The van der Waals surface area contributed by atoms with E-state index in [4.69, 9.17) is 0 Å². The van der Waals surface area contributed by atoms with E-state index in [0.29, 0.717) is 6.04 Å². The number of nitrogens with one attached hydrogen (secondary N) is 1. The van der Waals surface area contributed by atoms with Gasteiger partial charge in [0.15, 0.2) is 0 Å². The van der Waals surface area contributed by atoms with Crippen molar-refractivity contribution in [3.63, 3.8) is 0 Å². The summed E-state index contributed by atoms with van der Waals surface area (Å²) in [6, 6.07) is 0.540. The molecule has 0 aromatic rings. The lowest BCUT2D eigenvalue weighted by molar-refractivity contribution is 0.476. The first-order valence-electron chi connectivity index (χ1n) is 5.07. The van der Waals surface area contributed by atoms with Gasteiger partial charge in [0.2, 0.25) is 0 Å². The van der Waals surface area contributed by atoms with E-state index >= 15 is 0 Å². The summed E-state index contributed by atoms with van der Waals surface area (Å²) in [4.78, 5) is 0. The number of hydrogen-bond acceptors (Lipinski definition) is 3. The SMILES string of the molecule is CS(=O)CCCNC1CCS(=O)CC1. The molecular formula is C9H19NO2S2. The van der Waals surface area contributed by atoms with Crippen molar-refractivity contribution in [3.05, 3.63) is 0 Å². The van der Waals surface area contributed by atoms with Crippen LogP contribution in [0.2, 0.25) is 0 Å². The van der Waals surface area contributed by atoms with Crippen molar-refractivity contribution in [2.45, 2.75) is 25.3 Å². The van der Waals surface area contributed by atoms with Crippen LogP contribution in [0.25, 0.3) is 0 Å².